The molecule has 166 valence electrons. The summed E-state index contributed by atoms with van der Waals surface area (Å²) < 4.78 is 11.2. The van der Waals surface area contributed by atoms with E-state index in [9.17, 15) is 0 Å². The summed E-state index contributed by atoms with van der Waals surface area (Å²) in [6.07, 6.45) is 1.13. The Hall–Kier alpha value is -0.490. The number of guanidine groups is 1. The Morgan fingerprint density at radius 3 is 2.69 bits per heavy atom. The van der Waals surface area contributed by atoms with Gasteiger partial charge in [0.25, 0.3) is 0 Å². The topological polar surface area (TPSA) is 71.0 Å². The number of ether oxygens (including phenoxy) is 2. The molecule has 2 aliphatic rings. The molecule has 9 heteroatoms. The van der Waals surface area contributed by atoms with Crippen molar-refractivity contribution in [1.82, 2.24) is 20.5 Å². The highest BCUT2D eigenvalue weighted by Gasteiger charge is 2.31. The van der Waals surface area contributed by atoms with Gasteiger partial charge in [-0.15, -0.1) is 35.3 Å². The normalized spacial score (nSPS) is 21.8. The summed E-state index contributed by atoms with van der Waals surface area (Å²) in [6.45, 7) is 14.1. The van der Waals surface area contributed by atoms with Crippen LogP contribution in [0.3, 0.4) is 0 Å². The first kappa shape index (κ1) is 24.8. The van der Waals surface area contributed by atoms with Gasteiger partial charge in [0.15, 0.2) is 5.96 Å². The number of aliphatic imine (C=N–C) groups is 1. The van der Waals surface area contributed by atoms with Gasteiger partial charge in [0.05, 0.1) is 32.1 Å². The maximum absolute atomic E-state index is 5.67. The van der Waals surface area contributed by atoms with Gasteiger partial charge in [-0.3, -0.25) is 4.90 Å². The average molecular weight is 538 g/mol. The highest BCUT2D eigenvalue weighted by molar-refractivity contribution is 14.0. The maximum Gasteiger partial charge on any atom is 0.191 e. The van der Waals surface area contributed by atoms with Crippen LogP contribution < -0.4 is 10.6 Å². The van der Waals surface area contributed by atoms with Crippen LogP contribution in [0.5, 0.6) is 0 Å². The molecule has 0 saturated carbocycles. The average Bonchev–Trinajstić information content (AvgIpc) is 3.39. The highest BCUT2D eigenvalue weighted by atomic mass is 127. The van der Waals surface area contributed by atoms with Crippen LogP contribution in [0.4, 0.5) is 0 Å². The van der Waals surface area contributed by atoms with Gasteiger partial charge < -0.3 is 20.1 Å². The number of nitrogens with one attached hydrogen (secondary N) is 2. The monoisotopic (exact) mass is 537 g/mol. The predicted molar refractivity (Wildman–Crippen MR) is 130 cm³/mol. The Morgan fingerprint density at radius 1 is 1.28 bits per heavy atom. The molecule has 1 aromatic heterocycles. The van der Waals surface area contributed by atoms with Gasteiger partial charge in [-0.25, -0.2) is 9.98 Å². The number of halogens is 1. The van der Waals surface area contributed by atoms with Crippen molar-refractivity contribution in [3.63, 3.8) is 0 Å². The smallest absolute Gasteiger partial charge is 0.191 e. The lowest BCUT2D eigenvalue weighted by molar-refractivity contribution is 0.00246. The van der Waals surface area contributed by atoms with E-state index in [-0.39, 0.29) is 24.0 Å². The van der Waals surface area contributed by atoms with Crippen molar-refractivity contribution in [2.75, 3.05) is 52.6 Å². The Bertz CT molecular complexity index is 616. The van der Waals surface area contributed by atoms with Crippen molar-refractivity contribution >= 4 is 41.3 Å². The van der Waals surface area contributed by atoms with E-state index in [1.54, 1.807) is 11.3 Å². The fourth-order valence-corrected chi connectivity index (χ4v) is 4.59. The van der Waals surface area contributed by atoms with Crippen molar-refractivity contribution < 1.29 is 9.47 Å². The summed E-state index contributed by atoms with van der Waals surface area (Å²) in [7, 11) is 0. The summed E-state index contributed by atoms with van der Waals surface area (Å²) in [5.74, 6) is 1.89. The van der Waals surface area contributed by atoms with E-state index < -0.39 is 0 Å². The quantitative estimate of drug-likeness (QED) is 0.302. The molecule has 2 N–H and O–H groups in total. The summed E-state index contributed by atoms with van der Waals surface area (Å²) in [5.41, 5.74) is 1.15. The van der Waals surface area contributed by atoms with Crippen LogP contribution in [0.1, 0.15) is 43.8 Å². The fourth-order valence-electron chi connectivity index (χ4n) is 3.71. The Kier molecular flexibility index (Phi) is 11.1. The highest BCUT2D eigenvalue weighted by Crippen LogP contribution is 2.22. The first-order chi connectivity index (χ1) is 13.7. The summed E-state index contributed by atoms with van der Waals surface area (Å²) in [6, 6.07) is 0.447. The molecule has 2 unspecified atom stereocenters. The number of nitrogens with zero attached hydrogens (tertiary/aromatic N) is 3. The SMILES string of the molecule is CCNC(=NCc1nc(C(C)C)cs1)NCC(C1CCOC1)N1CCOCC1.I. The van der Waals surface area contributed by atoms with Crippen molar-refractivity contribution in [3.8, 4) is 0 Å². The van der Waals surface area contributed by atoms with Gasteiger partial charge >= 0.3 is 0 Å². The molecule has 1 aromatic rings. The number of rotatable bonds is 8. The predicted octanol–water partition coefficient (Wildman–Crippen LogP) is 2.68. The fraction of sp³-hybridized carbons (Fsp3) is 0.800. The summed E-state index contributed by atoms with van der Waals surface area (Å²) >= 11 is 1.69. The summed E-state index contributed by atoms with van der Waals surface area (Å²) in [4.78, 5) is 12.0. The minimum Gasteiger partial charge on any atom is -0.381 e. The Balaban J connectivity index is 0.00000300. The number of thiazole rings is 1. The molecule has 0 aromatic carbocycles. The van der Waals surface area contributed by atoms with Crippen LogP contribution in [0, 0.1) is 5.92 Å². The zero-order chi connectivity index (χ0) is 19.8. The lowest BCUT2D eigenvalue weighted by Crippen LogP contribution is -2.53. The standard InChI is InChI=1S/C20H35N5O2S.HI/c1-4-21-20(23-12-19-24-17(14-28-19)15(2)3)22-11-18(16-5-8-27-13-16)25-6-9-26-10-7-25;/h14-16,18H,4-13H2,1-3H3,(H2,21,22,23);1H. The second-order valence-corrected chi connectivity index (χ2v) is 8.68. The molecule has 2 aliphatic heterocycles. The molecular formula is C20H36IN5O2S. The van der Waals surface area contributed by atoms with E-state index in [0.717, 1.165) is 75.7 Å². The van der Waals surface area contributed by atoms with E-state index in [4.69, 9.17) is 19.5 Å². The largest absolute Gasteiger partial charge is 0.381 e. The lowest BCUT2D eigenvalue weighted by Gasteiger charge is -2.37. The molecule has 0 bridgehead atoms. The van der Waals surface area contributed by atoms with Gasteiger partial charge in [0.1, 0.15) is 5.01 Å². The Labute approximate surface area is 196 Å². The number of hydrogen-bond donors (Lipinski definition) is 2. The molecule has 0 spiro atoms. The molecule has 7 nitrogen and oxygen atoms in total. The minimum absolute atomic E-state index is 0. The second-order valence-electron chi connectivity index (χ2n) is 7.74. The number of aromatic nitrogens is 1. The third-order valence-corrected chi connectivity index (χ3v) is 6.23. The van der Waals surface area contributed by atoms with Crippen LogP contribution in [0.15, 0.2) is 10.4 Å². The van der Waals surface area contributed by atoms with Crippen LogP contribution in [-0.2, 0) is 16.0 Å². The number of morpholine rings is 1. The van der Waals surface area contributed by atoms with Gasteiger partial charge in [0, 0.05) is 50.1 Å². The van der Waals surface area contributed by atoms with E-state index >= 15 is 0 Å². The van der Waals surface area contributed by atoms with Gasteiger partial charge in [-0.05, 0) is 19.3 Å². The molecule has 3 heterocycles. The molecule has 2 fully saturated rings. The number of hydrogen-bond acceptors (Lipinski definition) is 6. The van der Waals surface area contributed by atoms with Gasteiger partial charge in [0.2, 0.25) is 0 Å². The third kappa shape index (κ3) is 7.61. The van der Waals surface area contributed by atoms with Crippen LogP contribution in [-0.4, -0.2) is 74.5 Å². The first-order valence-electron chi connectivity index (χ1n) is 10.5. The second kappa shape index (κ2) is 13.0. The molecule has 2 atom stereocenters. The van der Waals surface area contributed by atoms with Crippen molar-refractivity contribution in [1.29, 1.82) is 0 Å². The van der Waals surface area contributed by atoms with Crippen molar-refractivity contribution in [2.45, 2.75) is 45.7 Å². The third-order valence-electron chi connectivity index (χ3n) is 5.38. The van der Waals surface area contributed by atoms with E-state index in [1.807, 2.05) is 0 Å². The molecular weight excluding hydrogens is 501 g/mol. The first-order valence-corrected chi connectivity index (χ1v) is 11.4. The molecule has 29 heavy (non-hydrogen) atoms. The molecule has 2 saturated heterocycles. The van der Waals surface area contributed by atoms with Crippen LogP contribution in [0.25, 0.3) is 0 Å². The molecule has 0 amide bonds. The maximum atomic E-state index is 5.67. The zero-order valence-corrected chi connectivity index (χ0v) is 21.0. The Morgan fingerprint density at radius 2 is 2.07 bits per heavy atom. The molecule has 0 radical (unpaired) electrons. The zero-order valence-electron chi connectivity index (χ0n) is 17.9. The lowest BCUT2D eigenvalue weighted by atomic mass is 9.97. The molecule has 3 rings (SSSR count). The van der Waals surface area contributed by atoms with Crippen LogP contribution in [0.2, 0.25) is 0 Å². The summed E-state index contributed by atoms with van der Waals surface area (Å²) in [5, 5.41) is 10.2. The van der Waals surface area contributed by atoms with Crippen molar-refractivity contribution in [3.05, 3.63) is 16.1 Å². The minimum atomic E-state index is 0. The van der Waals surface area contributed by atoms with Crippen LogP contribution >= 0.6 is 35.3 Å². The van der Waals surface area contributed by atoms with E-state index in [2.05, 4.69) is 41.7 Å². The van der Waals surface area contributed by atoms with Gasteiger partial charge in [-0.1, -0.05) is 13.8 Å². The van der Waals surface area contributed by atoms with E-state index in [1.165, 1.54) is 0 Å². The molecule has 0 aliphatic carbocycles. The van der Waals surface area contributed by atoms with Gasteiger partial charge in [-0.2, -0.15) is 0 Å². The van der Waals surface area contributed by atoms with Crippen molar-refractivity contribution in [2.24, 2.45) is 10.9 Å². The van der Waals surface area contributed by atoms with E-state index in [0.29, 0.717) is 24.4 Å².